The highest BCUT2D eigenvalue weighted by Gasteiger charge is 2.36. The monoisotopic (exact) mass is 270 g/mol. The number of unbranched alkanes of at least 4 members (excludes halogenated alkanes) is 1. The average molecular weight is 270 g/mol. The van der Waals surface area contributed by atoms with Gasteiger partial charge in [-0.3, -0.25) is 10.1 Å². The van der Waals surface area contributed by atoms with Crippen LogP contribution in [-0.4, -0.2) is 42.8 Å². The van der Waals surface area contributed by atoms with E-state index in [1.165, 1.54) is 0 Å². The van der Waals surface area contributed by atoms with Crippen LogP contribution in [0.5, 0.6) is 0 Å². The summed E-state index contributed by atoms with van der Waals surface area (Å²) in [5.74, 6) is 0.806. The van der Waals surface area contributed by atoms with Crippen LogP contribution in [0.1, 0.15) is 53.4 Å². The Morgan fingerprint density at radius 2 is 2.11 bits per heavy atom. The summed E-state index contributed by atoms with van der Waals surface area (Å²) in [5, 5.41) is 3.45. The maximum absolute atomic E-state index is 12.3. The number of carbonyl (C=O) groups excluding carboxylic acids is 1. The lowest BCUT2D eigenvalue weighted by atomic mass is 10.1. The summed E-state index contributed by atoms with van der Waals surface area (Å²) in [6, 6.07) is 0.0231. The second kappa shape index (κ2) is 8.54. The van der Waals surface area contributed by atoms with Crippen molar-refractivity contribution in [1.82, 2.24) is 10.2 Å². The van der Waals surface area contributed by atoms with Crippen LogP contribution in [0.3, 0.4) is 0 Å². The molecule has 112 valence electrons. The van der Waals surface area contributed by atoms with Gasteiger partial charge in [0.05, 0.1) is 18.8 Å². The molecule has 1 saturated heterocycles. The van der Waals surface area contributed by atoms with E-state index in [1.54, 1.807) is 0 Å². The van der Waals surface area contributed by atoms with Crippen LogP contribution in [0.25, 0.3) is 0 Å². The van der Waals surface area contributed by atoms with Crippen LogP contribution in [0.15, 0.2) is 0 Å². The first-order valence-electron chi connectivity index (χ1n) is 7.74. The van der Waals surface area contributed by atoms with Gasteiger partial charge in [-0.15, -0.1) is 0 Å². The number of ether oxygens (including phenoxy) is 1. The van der Waals surface area contributed by atoms with Crippen LogP contribution in [-0.2, 0) is 9.53 Å². The molecule has 0 radical (unpaired) electrons. The molecule has 0 bridgehead atoms. The lowest BCUT2D eigenvalue weighted by Gasteiger charge is -2.23. The molecule has 1 heterocycles. The Morgan fingerprint density at radius 1 is 1.37 bits per heavy atom. The number of carbonyl (C=O) groups is 1. The average Bonchev–Trinajstić information content (AvgIpc) is 2.68. The van der Waals surface area contributed by atoms with Gasteiger partial charge >= 0.3 is 0 Å². The molecular weight excluding hydrogens is 240 g/mol. The van der Waals surface area contributed by atoms with Crippen LogP contribution < -0.4 is 5.32 Å². The number of nitrogens with one attached hydrogen (secondary N) is 1. The van der Waals surface area contributed by atoms with E-state index >= 15 is 0 Å². The first kappa shape index (κ1) is 16.4. The van der Waals surface area contributed by atoms with Crippen molar-refractivity contribution in [2.75, 3.05) is 19.8 Å². The van der Waals surface area contributed by atoms with Gasteiger partial charge in [-0.25, -0.2) is 0 Å². The van der Waals surface area contributed by atoms with Gasteiger partial charge in [0.15, 0.2) is 0 Å². The van der Waals surface area contributed by atoms with E-state index in [0.717, 1.165) is 32.3 Å². The third-order valence-corrected chi connectivity index (χ3v) is 3.51. The molecule has 0 aromatic rings. The molecule has 2 atom stereocenters. The summed E-state index contributed by atoms with van der Waals surface area (Å²) in [5.41, 5.74) is 0. The molecule has 2 unspecified atom stereocenters. The zero-order chi connectivity index (χ0) is 14.3. The van der Waals surface area contributed by atoms with Crippen molar-refractivity contribution in [3.63, 3.8) is 0 Å². The fourth-order valence-corrected chi connectivity index (χ4v) is 2.45. The number of hydrogen-bond donors (Lipinski definition) is 1. The predicted octanol–water partition coefficient (Wildman–Crippen LogP) is 2.39. The number of rotatable bonds is 9. The molecule has 4 heteroatoms. The van der Waals surface area contributed by atoms with E-state index in [2.05, 4.69) is 33.0 Å². The summed E-state index contributed by atoms with van der Waals surface area (Å²) in [4.78, 5) is 14.3. The second-order valence-electron chi connectivity index (χ2n) is 5.79. The van der Waals surface area contributed by atoms with Gasteiger partial charge in [0, 0.05) is 13.2 Å². The third-order valence-electron chi connectivity index (χ3n) is 3.51. The van der Waals surface area contributed by atoms with Crippen molar-refractivity contribution in [3.05, 3.63) is 0 Å². The van der Waals surface area contributed by atoms with E-state index in [9.17, 15) is 4.79 Å². The molecule has 1 aliphatic rings. The highest BCUT2D eigenvalue weighted by Crippen LogP contribution is 2.17. The standard InChI is InChI=1S/C15H30N2O2/c1-5-7-8-13-15(18)17(14(6-2)16-13)9-10-19-11-12(3)4/h12-14,16H,5-11H2,1-4H3. The Morgan fingerprint density at radius 3 is 2.68 bits per heavy atom. The first-order valence-corrected chi connectivity index (χ1v) is 7.74. The predicted molar refractivity (Wildman–Crippen MR) is 77.9 cm³/mol. The van der Waals surface area contributed by atoms with E-state index in [1.807, 2.05) is 4.90 Å². The highest BCUT2D eigenvalue weighted by atomic mass is 16.5. The maximum Gasteiger partial charge on any atom is 0.241 e. The smallest absolute Gasteiger partial charge is 0.241 e. The first-order chi connectivity index (χ1) is 9.10. The van der Waals surface area contributed by atoms with Crippen LogP contribution in [0.4, 0.5) is 0 Å². The van der Waals surface area contributed by atoms with E-state index in [4.69, 9.17) is 4.74 Å². The molecule has 4 nitrogen and oxygen atoms in total. The number of amides is 1. The van der Waals surface area contributed by atoms with Gasteiger partial charge in [-0.2, -0.15) is 0 Å². The van der Waals surface area contributed by atoms with Gasteiger partial charge in [-0.1, -0.05) is 40.5 Å². The van der Waals surface area contributed by atoms with Crippen LogP contribution in [0.2, 0.25) is 0 Å². The SMILES string of the molecule is CCCCC1NC(CC)N(CCOCC(C)C)C1=O. The zero-order valence-electron chi connectivity index (χ0n) is 12.9. The van der Waals surface area contributed by atoms with Gasteiger partial charge < -0.3 is 9.64 Å². The lowest BCUT2D eigenvalue weighted by Crippen LogP contribution is -2.39. The summed E-state index contributed by atoms with van der Waals surface area (Å²) in [6.07, 6.45) is 4.35. The Labute approximate surface area is 117 Å². The molecule has 1 aliphatic heterocycles. The maximum atomic E-state index is 12.3. The molecule has 0 saturated carbocycles. The summed E-state index contributed by atoms with van der Waals surface area (Å²) < 4.78 is 5.59. The molecule has 0 spiro atoms. The molecule has 1 fully saturated rings. The van der Waals surface area contributed by atoms with E-state index < -0.39 is 0 Å². The zero-order valence-corrected chi connectivity index (χ0v) is 12.9. The van der Waals surface area contributed by atoms with Crippen molar-refractivity contribution in [1.29, 1.82) is 0 Å². The minimum absolute atomic E-state index is 0.0231. The Bertz CT molecular complexity index is 269. The van der Waals surface area contributed by atoms with E-state index in [-0.39, 0.29) is 18.1 Å². The minimum Gasteiger partial charge on any atom is -0.379 e. The highest BCUT2D eigenvalue weighted by molar-refractivity contribution is 5.84. The van der Waals surface area contributed by atoms with Crippen molar-refractivity contribution in [2.24, 2.45) is 5.92 Å². The quantitative estimate of drug-likeness (QED) is 0.654. The van der Waals surface area contributed by atoms with Gasteiger partial charge in [0.1, 0.15) is 0 Å². The molecule has 1 amide bonds. The summed E-state index contributed by atoms with van der Waals surface area (Å²) in [6.45, 7) is 10.7. The fraction of sp³-hybridized carbons (Fsp3) is 0.933. The Balaban J connectivity index is 2.39. The molecular formula is C15H30N2O2. The van der Waals surface area contributed by atoms with Crippen molar-refractivity contribution < 1.29 is 9.53 Å². The Hall–Kier alpha value is -0.610. The molecule has 0 aromatic carbocycles. The topological polar surface area (TPSA) is 41.6 Å². The van der Waals surface area contributed by atoms with E-state index in [0.29, 0.717) is 19.1 Å². The van der Waals surface area contributed by atoms with Crippen LogP contribution in [0, 0.1) is 5.92 Å². The summed E-state index contributed by atoms with van der Waals surface area (Å²) >= 11 is 0. The molecule has 19 heavy (non-hydrogen) atoms. The molecule has 1 N–H and O–H groups in total. The second-order valence-corrected chi connectivity index (χ2v) is 5.79. The minimum atomic E-state index is 0.0231. The lowest BCUT2D eigenvalue weighted by molar-refractivity contribution is -0.131. The van der Waals surface area contributed by atoms with Crippen molar-refractivity contribution in [3.8, 4) is 0 Å². The third kappa shape index (κ3) is 5.11. The summed E-state index contributed by atoms with van der Waals surface area (Å²) in [7, 11) is 0. The molecule has 0 aliphatic carbocycles. The largest absolute Gasteiger partial charge is 0.379 e. The van der Waals surface area contributed by atoms with Crippen molar-refractivity contribution >= 4 is 5.91 Å². The molecule has 0 aromatic heterocycles. The number of nitrogens with zero attached hydrogens (tertiary/aromatic N) is 1. The van der Waals surface area contributed by atoms with Crippen molar-refractivity contribution in [2.45, 2.75) is 65.6 Å². The van der Waals surface area contributed by atoms with Crippen LogP contribution >= 0.6 is 0 Å². The van der Waals surface area contributed by atoms with Gasteiger partial charge in [0.2, 0.25) is 5.91 Å². The van der Waals surface area contributed by atoms with Gasteiger partial charge in [-0.05, 0) is 18.8 Å². The normalized spacial score (nSPS) is 23.6. The molecule has 1 rings (SSSR count). The fourth-order valence-electron chi connectivity index (χ4n) is 2.45. The van der Waals surface area contributed by atoms with Gasteiger partial charge in [0.25, 0.3) is 0 Å². The Kier molecular flexibility index (Phi) is 7.39. The number of hydrogen-bond acceptors (Lipinski definition) is 3.